The van der Waals surface area contributed by atoms with E-state index in [1.54, 1.807) is 35.8 Å². The SMILES string of the molecule is CCOC(=O)c1ccc(-n2c(N)c(C(=O)N3CC[NH+](C)CC3)sc2=S)cc1. The van der Waals surface area contributed by atoms with Crippen molar-refractivity contribution in [3.63, 3.8) is 0 Å². The van der Waals surface area contributed by atoms with Crippen molar-refractivity contribution in [2.75, 3.05) is 45.6 Å². The number of esters is 1. The maximum Gasteiger partial charge on any atom is 0.338 e. The summed E-state index contributed by atoms with van der Waals surface area (Å²) in [4.78, 5) is 28.4. The van der Waals surface area contributed by atoms with Gasteiger partial charge in [0.2, 0.25) is 0 Å². The van der Waals surface area contributed by atoms with E-state index in [1.807, 2.05) is 4.90 Å². The Kier molecular flexibility index (Phi) is 5.93. The van der Waals surface area contributed by atoms with Gasteiger partial charge < -0.3 is 20.3 Å². The Hall–Kier alpha value is -2.23. The second-order valence-electron chi connectivity index (χ2n) is 6.43. The van der Waals surface area contributed by atoms with E-state index in [0.29, 0.717) is 45.6 Å². The van der Waals surface area contributed by atoms with E-state index >= 15 is 0 Å². The predicted octanol–water partition coefficient (Wildman–Crippen LogP) is 0.998. The number of amides is 1. The van der Waals surface area contributed by atoms with Crippen LogP contribution in [0.2, 0.25) is 0 Å². The Morgan fingerprint density at radius 3 is 2.48 bits per heavy atom. The number of benzene rings is 1. The number of nitrogens with one attached hydrogen (secondary N) is 1. The number of thiazole rings is 1. The quantitative estimate of drug-likeness (QED) is 0.584. The summed E-state index contributed by atoms with van der Waals surface area (Å²) in [6, 6.07) is 6.82. The lowest BCUT2D eigenvalue weighted by molar-refractivity contribution is -0.883. The molecule has 144 valence electrons. The van der Waals surface area contributed by atoms with Gasteiger partial charge in [-0.05, 0) is 43.4 Å². The van der Waals surface area contributed by atoms with Gasteiger partial charge in [-0.25, -0.2) is 4.79 Å². The topological polar surface area (TPSA) is 82.0 Å². The van der Waals surface area contributed by atoms with Gasteiger partial charge in [-0.1, -0.05) is 11.3 Å². The van der Waals surface area contributed by atoms with Crippen LogP contribution in [0.1, 0.15) is 27.0 Å². The number of nitrogens with zero attached hydrogens (tertiary/aromatic N) is 2. The molecule has 0 radical (unpaired) electrons. The van der Waals surface area contributed by atoms with Gasteiger partial charge >= 0.3 is 5.97 Å². The lowest BCUT2D eigenvalue weighted by Gasteiger charge is -2.29. The summed E-state index contributed by atoms with van der Waals surface area (Å²) in [5.74, 6) is -0.109. The smallest absolute Gasteiger partial charge is 0.338 e. The Balaban J connectivity index is 1.86. The van der Waals surface area contributed by atoms with Gasteiger partial charge in [0.15, 0.2) is 3.95 Å². The standard InChI is InChI=1S/C18H22N4O3S2/c1-3-25-17(24)12-4-6-13(7-5-12)22-15(19)14(27-18(22)26)16(23)21-10-8-20(2)9-11-21/h4-7H,3,8-11,19H2,1-2H3/p+1. The number of aromatic nitrogens is 1. The van der Waals surface area contributed by atoms with E-state index in [-0.39, 0.29) is 11.9 Å². The van der Waals surface area contributed by atoms with Crippen molar-refractivity contribution in [3.8, 4) is 5.69 Å². The van der Waals surface area contributed by atoms with Crippen LogP contribution in [0.3, 0.4) is 0 Å². The fraction of sp³-hybridized carbons (Fsp3) is 0.389. The van der Waals surface area contributed by atoms with E-state index in [2.05, 4.69) is 7.05 Å². The predicted molar refractivity (Wildman–Crippen MR) is 107 cm³/mol. The molecule has 1 aromatic carbocycles. The normalized spacial score (nSPS) is 15.0. The number of carbonyl (C=O) groups is 2. The van der Waals surface area contributed by atoms with Crippen LogP contribution >= 0.6 is 23.6 Å². The molecule has 1 aliphatic heterocycles. The number of hydrogen-bond acceptors (Lipinski definition) is 6. The van der Waals surface area contributed by atoms with Crippen LogP contribution < -0.4 is 10.6 Å². The first-order valence-corrected chi connectivity index (χ1v) is 10.0. The fourth-order valence-electron chi connectivity index (χ4n) is 2.98. The lowest BCUT2D eigenvalue weighted by atomic mass is 10.2. The molecule has 1 saturated heterocycles. The third-order valence-electron chi connectivity index (χ3n) is 4.58. The molecule has 0 atom stereocenters. The van der Waals surface area contributed by atoms with E-state index in [1.165, 1.54) is 16.2 Å². The van der Waals surface area contributed by atoms with E-state index < -0.39 is 0 Å². The number of nitrogens with two attached hydrogens (primary N) is 1. The monoisotopic (exact) mass is 407 g/mol. The highest BCUT2D eigenvalue weighted by Gasteiger charge is 2.27. The van der Waals surface area contributed by atoms with Gasteiger partial charge in [0, 0.05) is 5.69 Å². The maximum atomic E-state index is 12.9. The molecule has 9 heteroatoms. The molecule has 0 unspecified atom stereocenters. The summed E-state index contributed by atoms with van der Waals surface area (Å²) in [5.41, 5.74) is 7.45. The van der Waals surface area contributed by atoms with Gasteiger partial charge in [-0.15, -0.1) is 0 Å². The molecule has 3 N–H and O–H groups in total. The van der Waals surface area contributed by atoms with Crippen molar-refractivity contribution in [2.24, 2.45) is 0 Å². The number of anilines is 1. The fourth-order valence-corrected chi connectivity index (χ4v) is 4.31. The summed E-state index contributed by atoms with van der Waals surface area (Å²) < 4.78 is 7.16. The molecule has 27 heavy (non-hydrogen) atoms. The van der Waals surface area contributed by atoms with Gasteiger partial charge in [0.05, 0.1) is 45.4 Å². The minimum Gasteiger partial charge on any atom is -0.462 e. The van der Waals surface area contributed by atoms with Crippen molar-refractivity contribution < 1.29 is 19.2 Å². The molecule has 0 spiro atoms. The van der Waals surface area contributed by atoms with Crippen molar-refractivity contribution in [2.45, 2.75) is 6.92 Å². The molecule has 0 bridgehead atoms. The summed E-state index contributed by atoms with van der Waals surface area (Å²) >= 11 is 6.66. The molecule has 7 nitrogen and oxygen atoms in total. The number of likely N-dealkylation sites (N-methyl/N-ethyl adjacent to an activating group) is 1. The van der Waals surface area contributed by atoms with Crippen LogP contribution in [-0.4, -0.2) is 61.2 Å². The van der Waals surface area contributed by atoms with Crippen molar-refractivity contribution >= 4 is 41.2 Å². The summed E-state index contributed by atoms with van der Waals surface area (Å²) in [5, 5.41) is 0. The highest BCUT2D eigenvalue weighted by atomic mass is 32.1. The van der Waals surface area contributed by atoms with E-state index in [9.17, 15) is 9.59 Å². The molecular weight excluding hydrogens is 384 g/mol. The van der Waals surface area contributed by atoms with Crippen molar-refractivity contribution in [3.05, 3.63) is 38.7 Å². The number of carbonyl (C=O) groups excluding carboxylic acids is 2. The summed E-state index contributed by atoms with van der Waals surface area (Å²) in [6.45, 7) is 5.35. The average molecular weight is 408 g/mol. The minimum absolute atomic E-state index is 0.0713. The first-order valence-electron chi connectivity index (χ1n) is 8.81. The second-order valence-corrected chi connectivity index (χ2v) is 8.08. The largest absolute Gasteiger partial charge is 0.462 e. The molecule has 3 rings (SSSR count). The molecule has 1 aliphatic rings. The first-order chi connectivity index (χ1) is 12.9. The Labute approximate surface area is 166 Å². The number of ether oxygens (including phenoxy) is 1. The van der Waals surface area contributed by atoms with E-state index in [0.717, 1.165) is 13.1 Å². The number of hydrogen-bond donors (Lipinski definition) is 2. The van der Waals surface area contributed by atoms with Gasteiger partial charge in [0.1, 0.15) is 10.7 Å². The number of nitrogen functional groups attached to an aromatic ring is 1. The summed E-state index contributed by atoms with van der Waals surface area (Å²) in [7, 11) is 2.12. The number of rotatable bonds is 4. The van der Waals surface area contributed by atoms with Crippen LogP contribution in [0, 0.1) is 3.95 Å². The molecule has 1 aromatic heterocycles. The third kappa shape index (κ3) is 4.05. The third-order valence-corrected chi connectivity index (χ3v) is 5.96. The Morgan fingerprint density at radius 2 is 1.89 bits per heavy atom. The number of piperazine rings is 1. The van der Waals surface area contributed by atoms with Gasteiger partial charge in [0.25, 0.3) is 5.91 Å². The van der Waals surface area contributed by atoms with Gasteiger partial charge in [-0.3, -0.25) is 9.36 Å². The highest BCUT2D eigenvalue weighted by molar-refractivity contribution is 7.73. The van der Waals surface area contributed by atoms with Crippen LogP contribution in [-0.2, 0) is 4.74 Å². The molecule has 0 saturated carbocycles. The van der Waals surface area contributed by atoms with Gasteiger partial charge in [-0.2, -0.15) is 0 Å². The maximum absolute atomic E-state index is 12.9. The zero-order valence-corrected chi connectivity index (χ0v) is 17.0. The zero-order chi connectivity index (χ0) is 19.6. The highest BCUT2D eigenvalue weighted by Crippen LogP contribution is 2.27. The molecule has 0 aliphatic carbocycles. The summed E-state index contributed by atoms with van der Waals surface area (Å²) in [6.07, 6.45) is 0. The van der Waals surface area contributed by atoms with Crippen LogP contribution in [0.4, 0.5) is 5.82 Å². The average Bonchev–Trinajstić information content (AvgIpc) is 2.96. The second kappa shape index (κ2) is 8.20. The molecular formula is C18H23N4O3S2+. The minimum atomic E-state index is -0.376. The Morgan fingerprint density at radius 1 is 1.26 bits per heavy atom. The van der Waals surface area contributed by atoms with E-state index in [4.69, 9.17) is 22.7 Å². The zero-order valence-electron chi connectivity index (χ0n) is 15.4. The lowest BCUT2D eigenvalue weighted by Crippen LogP contribution is -3.12. The first kappa shape index (κ1) is 19.5. The molecule has 2 heterocycles. The molecule has 2 aromatic rings. The molecule has 1 fully saturated rings. The van der Waals surface area contributed by atoms with Crippen molar-refractivity contribution in [1.82, 2.24) is 9.47 Å². The van der Waals surface area contributed by atoms with Crippen molar-refractivity contribution in [1.29, 1.82) is 0 Å². The van der Waals surface area contributed by atoms with Crippen LogP contribution in [0.25, 0.3) is 5.69 Å². The van der Waals surface area contributed by atoms with Crippen LogP contribution in [0.15, 0.2) is 24.3 Å². The number of quaternary nitrogens is 1. The van der Waals surface area contributed by atoms with Crippen LogP contribution in [0.5, 0.6) is 0 Å². The molecule has 1 amide bonds. The Bertz CT molecular complexity index is 896.